The number of hydrogen-bond donors (Lipinski definition) is 3. The zero-order chi connectivity index (χ0) is 16.6. The number of nitrogens with one attached hydrogen (secondary N) is 1. The van der Waals surface area contributed by atoms with Gasteiger partial charge in [0.15, 0.2) is 0 Å². The molecule has 0 bridgehead atoms. The molecule has 0 saturated carbocycles. The molecule has 0 aromatic heterocycles. The summed E-state index contributed by atoms with van der Waals surface area (Å²) in [5.41, 5.74) is 9.65. The van der Waals surface area contributed by atoms with Crippen LogP contribution in [0, 0.1) is 11.8 Å². The van der Waals surface area contributed by atoms with Crippen molar-refractivity contribution >= 4 is 17.7 Å². The van der Waals surface area contributed by atoms with E-state index < -0.39 is 23.3 Å². The van der Waals surface area contributed by atoms with Gasteiger partial charge in [0.1, 0.15) is 5.54 Å². The fourth-order valence-electron chi connectivity index (χ4n) is 2.64. The van der Waals surface area contributed by atoms with E-state index in [1.54, 1.807) is 0 Å². The Labute approximate surface area is 127 Å². The number of primary amides is 2. The van der Waals surface area contributed by atoms with E-state index in [1.165, 1.54) is 0 Å². The summed E-state index contributed by atoms with van der Waals surface area (Å²) in [5, 5.41) is 2.70. The van der Waals surface area contributed by atoms with Crippen molar-refractivity contribution in [1.29, 1.82) is 0 Å². The lowest BCUT2D eigenvalue weighted by Crippen LogP contribution is -2.64. The SMILES string of the molecule is CCCC(=O)NC(CCC)(C(N)=O)[C@H](CC(C)C)C(N)=O. The Balaban J connectivity index is 5.65. The third kappa shape index (κ3) is 5.36. The molecule has 5 N–H and O–H groups in total. The van der Waals surface area contributed by atoms with Crippen LogP contribution in [0.4, 0.5) is 0 Å². The van der Waals surface area contributed by atoms with Crippen molar-refractivity contribution in [3.63, 3.8) is 0 Å². The monoisotopic (exact) mass is 299 g/mol. The third-order valence-corrected chi connectivity index (χ3v) is 3.57. The molecule has 1 unspecified atom stereocenters. The van der Waals surface area contributed by atoms with Gasteiger partial charge in [-0.3, -0.25) is 14.4 Å². The average molecular weight is 299 g/mol. The van der Waals surface area contributed by atoms with E-state index in [0.717, 1.165) is 0 Å². The van der Waals surface area contributed by atoms with Crippen molar-refractivity contribution < 1.29 is 14.4 Å². The predicted molar refractivity (Wildman–Crippen MR) is 82.0 cm³/mol. The maximum absolute atomic E-state index is 12.1. The van der Waals surface area contributed by atoms with Crippen molar-refractivity contribution in [3.8, 4) is 0 Å². The Morgan fingerprint density at radius 1 is 1.10 bits per heavy atom. The highest BCUT2D eigenvalue weighted by molar-refractivity contribution is 5.96. The molecular weight excluding hydrogens is 270 g/mol. The molecule has 0 spiro atoms. The zero-order valence-corrected chi connectivity index (χ0v) is 13.6. The van der Waals surface area contributed by atoms with E-state index in [0.29, 0.717) is 25.7 Å². The molecule has 0 saturated heterocycles. The van der Waals surface area contributed by atoms with Gasteiger partial charge in [0.25, 0.3) is 0 Å². The largest absolute Gasteiger partial charge is 0.369 e. The Kier molecular flexibility index (Phi) is 7.99. The fraction of sp³-hybridized carbons (Fsp3) is 0.800. The van der Waals surface area contributed by atoms with Gasteiger partial charge in [-0.1, -0.05) is 34.1 Å². The molecule has 6 nitrogen and oxygen atoms in total. The van der Waals surface area contributed by atoms with Gasteiger partial charge >= 0.3 is 0 Å². The van der Waals surface area contributed by atoms with Crippen LogP contribution in [0.1, 0.15) is 59.8 Å². The highest BCUT2D eigenvalue weighted by Crippen LogP contribution is 2.29. The summed E-state index contributed by atoms with van der Waals surface area (Å²) in [7, 11) is 0. The van der Waals surface area contributed by atoms with Crippen LogP contribution in [0.15, 0.2) is 0 Å². The van der Waals surface area contributed by atoms with Gasteiger partial charge in [0.2, 0.25) is 17.7 Å². The van der Waals surface area contributed by atoms with Crippen molar-refractivity contribution in [3.05, 3.63) is 0 Å². The molecule has 0 aliphatic rings. The van der Waals surface area contributed by atoms with E-state index >= 15 is 0 Å². The van der Waals surface area contributed by atoms with Crippen LogP contribution < -0.4 is 16.8 Å². The Morgan fingerprint density at radius 3 is 2.00 bits per heavy atom. The maximum Gasteiger partial charge on any atom is 0.244 e. The summed E-state index contributed by atoms with van der Waals surface area (Å²) in [4.78, 5) is 35.9. The van der Waals surface area contributed by atoms with Gasteiger partial charge in [-0.15, -0.1) is 0 Å². The van der Waals surface area contributed by atoms with E-state index in [4.69, 9.17) is 11.5 Å². The lowest BCUT2D eigenvalue weighted by Gasteiger charge is -2.38. The molecule has 0 aromatic rings. The standard InChI is InChI=1S/C15H29N3O3/c1-5-7-12(19)18-15(8-6-2,14(17)21)11(13(16)20)9-10(3)4/h10-11H,5-9H2,1-4H3,(H2,16,20)(H2,17,21)(H,18,19)/t11-,15?/m1/s1. The summed E-state index contributed by atoms with van der Waals surface area (Å²) >= 11 is 0. The Hall–Kier alpha value is -1.59. The second-order valence-corrected chi connectivity index (χ2v) is 5.97. The number of amides is 3. The van der Waals surface area contributed by atoms with E-state index in [-0.39, 0.29) is 18.2 Å². The van der Waals surface area contributed by atoms with Gasteiger partial charge in [-0.2, -0.15) is 0 Å². The van der Waals surface area contributed by atoms with Crippen LogP contribution in [0.5, 0.6) is 0 Å². The van der Waals surface area contributed by atoms with Crippen molar-refractivity contribution in [2.24, 2.45) is 23.3 Å². The first-order valence-electron chi connectivity index (χ1n) is 7.61. The normalized spacial score (nSPS) is 15.3. The molecule has 6 heteroatoms. The lowest BCUT2D eigenvalue weighted by atomic mass is 9.74. The molecule has 122 valence electrons. The van der Waals surface area contributed by atoms with Crippen molar-refractivity contribution in [2.45, 2.75) is 65.3 Å². The summed E-state index contributed by atoms with van der Waals surface area (Å²) in [6, 6.07) is 0. The van der Waals surface area contributed by atoms with Gasteiger partial charge < -0.3 is 16.8 Å². The molecule has 0 aromatic carbocycles. The maximum atomic E-state index is 12.1. The van der Waals surface area contributed by atoms with E-state index in [1.807, 2.05) is 27.7 Å². The first-order chi connectivity index (χ1) is 9.71. The molecular formula is C15H29N3O3. The fourth-order valence-corrected chi connectivity index (χ4v) is 2.64. The molecule has 3 amide bonds. The van der Waals surface area contributed by atoms with Gasteiger partial charge in [-0.25, -0.2) is 0 Å². The van der Waals surface area contributed by atoms with Gasteiger partial charge in [0, 0.05) is 6.42 Å². The second-order valence-electron chi connectivity index (χ2n) is 5.97. The highest BCUT2D eigenvalue weighted by Gasteiger charge is 2.47. The number of hydrogen-bond acceptors (Lipinski definition) is 3. The van der Waals surface area contributed by atoms with Crippen LogP contribution in [0.25, 0.3) is 0 Å². The molecule has 0 rings (SSSR count). The first kappa shape index (κ1) is 19.4. The zero-order valence-electron chi connectivity index (χ0n) is 13.6. The van der Waals surface area contributed by atoms with Crippen molar-refractivity contribution in [1.82, 2.24) is 5.32 Å². The van der Waals surface area contributed by atoms with Crippen LogP contribution in [-0.4, -0.2) is 23.3 Å². The molecule has 0 radical (unpaired) electrons. The van der Waals surface area contributed by atoms with E-state index in [2.05, 4.69) is 5.32 Å². The number of rotatable bonds is 10. The second kappa shape index (κ2) is 8.64. The number of carbonyl (C=O) groups is 3. The summed E-state index contributed by atoms with van der Waals surface area (Å²) in [6.07, 6.45) is 2.25. The first-order valence-corrected chi connectivity index (χ1v) is 7.61. The molecule has 0 aliphatic carbocycles. The third-order valence-electron chi connectivity index (χ3n) is 3.57. The predicted octanol–water partition coefficient (Wildman–Crippen LogP) is 1.07. The number of nitrogens with two attached hydrogens (primary N) is 2. The minimum Gasteiger partial charge on any atom is -0.369 e. The highest BCUT2D eigenvalue weighted by atomic mass is 16.2. The van der Waals surface area contributed by atoms with Crippen LogP contribution in [-0.2, 0) is 14.4 Å². The van der Waals surface area contributed by atoms with Crippen LogP contribution in [0.3, 0.4) is 0 Å². The van der Waals surface area contributed by atoms with E-state index in [9.17, 15) is 14.4 Å². The smallest absolute Gasteiger partial charge is 0.244 e. The van der Waals surface area contributed by atoms with Crippen LogP contribution in [0.2, 0.25) is 0 Å². The minimum atomic E-state index is -1.39. The summed E-state index contributed by atoms with van der Waals surface area (Å²) < 4.78 is 0. The molecule has 0 aliphatic heterocycles. The lowest BCUT2D eigenvalue weighted by molar-refractivity contribution is -0.139. The Morgan fingerprint density at radius 2 is 1.67 bits per heavy atom. The number of carbonyl (C=O) groups excluding carboxylic acids is 3. The average Bonchev–Trinajstić information content (AvgIpc) is 2.34. The van der Waals surface area contributed by atoms with Gasteiger partial charge in [0.05, 0.1) is 5.92 Å². The van der Waals surface area contributed by atoms with Gasteiger partial charge in [-0.05, 0) is 25.2 Å². The molecule has 2 atom stereocenters. The quantitative estimate of drug-likeness (QED) is 0.560. The van der Waals surface area contributed by atoms with Crippen LogP contribution >= 0.6 is 0 Å². The molecule has 0 fully saturated rings. The summed E-state index contributed by atoms with van der Waals surface area (Å²) in [6.45, 7) is 7.60. The van der Waals surface area contributed by atoms with Crippen molar-refractivity contribution in [2.75, 3.05) is 0 Å². The summed E-state index contributed by atoms with van der Waals surface area (Å²) in [5.74, 6) is -2.22. The molecule has 0 heterocycles. The Bertz CT molecular complexity index is 382. The molecule has 21 heavy (non-hydrogen) atoms. The topological polar surface area (TPSA) is 115 Å². The minimum absolute atomic E-state index is 0.154.